The first-order valence-corrected chi connectivity index (χ1v) is 10.8. The van der Waals surface area contributed by atoms with Crippen LogP contribution >= 0.6 is 23.4 Å². The fraction of sp³-hybridized carbons (Fsp3) is 0.136. The van der Waals surface area contributed by atoms with E-state index in [4.69, 9.17) is 20.8 Å². The van der Waals surface area contributed by atoms with Gasteiger partial charge in [-0.05, 0) is 55.1 Å². The minimum Gasteiger partial charge on any atom is -0.496 e. The molecule has 11 heteroatoms. The Balaban J connectivity index is 1.59. The summed E-state index contributed by atoms with van der Waals surface area (Å²) < 4.78 is 10.9. The van der Waals surface area contributed by atoms with Crippen molar-refractivity contribution in [2.24, 2.45) is 11.0 Å². The maximum Gasteiger partial charge on any atom is 0.342 e. The maximum absolute atomic E-state index is 12.9. The minimum absolute atomic E-state index is 0.0133. The first kappa shape index (κ1) is 22.6. The number of rotatable bonds is 7. The number of hydrogen-bond donors (Lipinski definition) is 1. The molecular weight excluding hydrogens is 468 g/mol. The number of carbonyl (C=O) groups excluding carboxylic acids is 1. The van der Waals surface area contributed by atoms with Crippen molar-refractivity contribution < 1.29 is 23.8 Å². The van der Waals surface area contributed by atoms with Gasteiger partial charge in [-0.1, -0.05) is 29.8 Å². The van der Waals surface area contributed by atoms with Crippen LogP contribution in [0.2, 0.25) is 5.02 Å². The molecule has 0 spiro atoms. The maximum atomic E-state index is 12.9. The van der Waals surface area contributed by atoms with Crippen LogP contribution in [0.25, 0.3) is 11.5 Å². The summed E-state index contributed by atoms with van der Waals surface area (Å²) in [5.41, 5.74) is 1.54. The molecule has 0 aliphatic carbocycles. The third-order valence-corrected chi connectivity index (χ3v) is 5.81. The van der Waals surface area contributed by atoms with E-state index < -0.39 is 11.9 Å². The zero-order valence-corrected chi connectivity index (χ0v) is 19.0. The molecule has 1 aliphatic heterocycles. The fourth-order valence-electron chi connectivity index (χ4n) is 3.13. The highest BCUT2D eigenvalue weighted by atomic mass is 35.5. The summed E-state index contributed by atoms with van der Waals surface area (Å²) in [6, 6.07) is 13.8. The number of aliphatic carboxylic acids is 1. The first-order chi connectivity index (χ1) is 15.9. The van der Waals surface area contributed by atoms with Crippen molar-refractivity contribution in [1.82, 2.24) is 10.2 Å². The molecule has 1 N–H and O–H groups in total. The Bertz CT molecular complexity index is 1270. The van der Waals surface area contributed by atoms with Crippen LogP contribution in [0.15, 0.2) is 74.3 Å². The largest absolute Gasteiger partial charge is 0.496 e. The Morgan fingerprint density at radius 2 is 2.00 bits per heavy atom. The third kappa shape index (κ3) is 4.76. The molecule has 0 radical (unpaired) electrons. The molecule has 1 aromatic heterocycles. The van der Waals surface area contributed by atoms with Crippen LogP contribution in [0.4, 0.5) is 5.69 Å². The SMILES string of the molecule is COc1ccc(Cl)cc1-c1nnc(S/C(=C/[C@H]2C(=O)N(c3ccccc3)N=C2C)C(=O)O)o1. The Kier molecular flexibility index (Phi) is 6.47. The van der Waals surface area contributed by atoms with E-state index in [0.29, 0.717) is 27.7 Å². The van der Waals surface area contributed by atoms with E-state index in [1.54, 1.807) is 49.4 Å². The third-order valence-electron chi connectivity index (χ3n) is 4.71. The monoisotopic (exact) mass is 484 g/mol. The van der Waals surface area contributed by atoms with Crippen molar-refractivity contribution in [2.45, 2.75) is 12.1 Å². The second-order valence-corrected chi connectivity index (χ2v) is 8.29. The molecule has 0 bridgehead atoms. The number of anilines is 1. The predicted molar refractivity (Wildman–Crippen MR) is 123 cm³/mol. The van der Waals surface area contributed by atoms with Gasteiger partial charge in [0.15, 0.2) is 0 Å². The lowest BCUT2D eigenvalue weighted by atomic mass is 10.0. The molecule has 0 saturated heterocycles. The van der Waals surface area contributed by atoms with Gasteiger partial charge in [0, 0.05) is 5.02 Å². The molecule has 9 nitrogen and oxygen atoms in total. The topological polar surface area (TPSA) is 118 Å². The second-order valence-electron chi connectivity index (χ2n) is 6.86. The summed E-state index contributed by atoms with van der Waals surface area (Å²) in [6.07, 6.45) is 1.33. The van der Waals surface area contributed by atoms with Gasteiger partial charge < -0.3 is 14.3 Å². The highest BCUT2D eigenvalue weighted by molar-refractivity contribution is 8.03. The molecule has 1 atom stereocenters. The number of amides is 1. The van der Waals surface area contributed by atoms with Crippen molar-refractivity contribution in [2.75, 3.05) is 12.1 Å². The highest BCUT2D eigenvalue weighted by Gasteiger charge is 2.34. The molecule has 1 aliphatic rings. The molecule has 0 saturated carbocycles. The Morgan fingerprint density at radius 1 is 1.24 bits per heavy atom. The molecule has 0 unspecified atom stereocenters. The zero-order valence-electron chi connectivity index (χ0n) is 17.4. The molecule has 2 heterocycles. The molecule has 1 amide bonds. The van der Waals surface area contributed by atoms with Crippen LogP contribution in [0.1, 0.15) is 6.92 Å². The number of carboxylic acids is 1. The van der Waals surface area contributed by atoms with Gasteiger partial charge >= 0.3 is 5.97 Å². The number of aromatic nitrogens is 2. The van der Waals surface area contributed by atoms with Gasteiger partial charge in [-0.15, -0.1) is 10.2 Å². The van der Waals surface area contributed by atoms with Gasteiger partial charge in [-0.2, -0.15) is 10.1 Å². The van der Waals surface area contributed by atoms with E-state index in [-0.39, 0.29) is 21.9 Å². The Morgan fingerprint density at radius 3 is 2.70 bits per heavy atom. The lowest BCUT2D eigenvalue weighted by Gasteiger charge is -2.12. The van der Waals surface area contributed by atoms with Crippen LogP contribution in [0, 0.1) is 5.92 Å². The zero-order chi connectivity index (χ0) is 23.5. The van der Waals surface area contributed by atoms with E-state index >= 15 is 0 Å². The van der Waals surface area contributed by atoms with Crippen LogP contribution in [0.5, 0.6) is 5.75 Å². The van der Waals surface area contributed by atoms with Crippen molar-refractivity contribution >= 4 is 46.6 Å². The van der Waals surface area contributed by atoms with Crippen molar-refractivity contribution in [3.63, 3.8) is 0 Å². The van der Waals surface area contributed by atoms with Gasteiger partial charge in [-0.3, -0.25) is 4.79 Å². The molecule has 33 heavy (non-hydrogen) atoms. The molecular formula is C22H17ClN4O5S. The number of halogens is 1. The molecule has 168 valence electrons. The van der Waals surface area contributed by atoms with Gasteiger partial charge in [0.2, 0.25) is 0 Å². The normalized spacial score (nSPS) is 16.2. The number of hydrogen-bond acceptors (Lipinski definition) is 8. The number of hydrazone groups is 1. The number of para-hydroxylation sites is 1. The highest BCUT2D eigenvalue weighted by Crippen LogP contribution is 2.35. The van der Waals surface area contributed by atoms with Crippen LogP contribution in [-0.2, 0) is 9.59 Å². The quantitative estimate of drug-likeness (QED) is 0.384. The summed E-state index contributed by atoms with van der Waals surface area (Å²) in [6.45, 7) is 1.67. The minimum atomic E-state index is -1.24. The number of nitrogens with zero attached hydrogens (tertiary/aromatic N) is 4. The molecule has 3 aromatic rings. The summed E-state index contributed by atoms with van der Waals surface area (Å²) in [5, 5.41) is 23.6. The van der Waals surface area contributed by atoms with Crippen molar-refractivity contribution in [3.05, 3.63) is 64.5 Å². The average molecular weight is 485 g/mol. The molecule has 0 fully saturated rings. The number of methoxy groups -OCH3 is 1. The standard InChI is InChI=1S/C22H17ClN4O5S/c1-12-15(20(28)27(26-12)14-6-4-3-5-7-14)11-18(21(29)30)33-22-25-24-19(32-22)16-10-13(23)8-9-17(16)31-2/h3-11,15H,1-2H3,(H,29,30)/b18-11+/t15-/m1/s1. The van der Waals surface area contributed by atoms with E-state index in [1.165, 1.54) is 18.2 Å². The average Bonchev–Trinajstić information content (AvgIpc) is 3.38. The van der Waals surface area contributed by atoms with Gasteiger partial charge in [0.05, 0.1) is 34.9 Å². The van der Waals surface area contributed by atoms with E-state index in [2.05, 4.69) is 15.3 Å². The van der Waals surface area contributed by atoms with Crippen LogP contribution in [0.3, 0.4) is 0 Å². The fourth-order valence-corrected chi connectivity index (χ4v) is 3.98. The van der Waals surface area contributed by atoms with E-state index in [9.17, 15) is 14.7 Å². The number of carbonyl (C=O) groups is 2. The molecule has 2 aromatic carbocycles. The Hall–Kier alpha value is -3.63. The van der Waals surface area contributed by atoms with Crippen LogP contribution < -0.4 is 9.75 Å². The smallest absolute Gasteiger partial charge is 0.342 e. The van der Waals surface area contributed by atoms with E-state index in [1.807, 2.05) is 6.07 Å². The van der Waals surface area contributed by atoms with Gasteiger partial charge in [0.25, 0.3) is 17.0 Å². The van der Waals surface area contributed by atoms with Gasteiger partial charge in [0.1, 0.15) is 5.75 Å². The summed E-state index contributed by atoms with van der Waals surface area (Å²) in [5.74, 6) is -1.84. The van der Waals surface area contributed by atoms with Gasteiger partial charge in [-0.25, -0.2) is 4.79 Å². The van der Waals surface area contributed by atoms with Crippen molar-refractivity contribution in [3.8, 4) is 17.2 Å². The predicted octanol–water partition coefficient (Wildman–Crippen LogP) is 4.50. The molecule has 4 rings (SSSR count). The number of benzene rings is 2. The Labute approximate surface area is 197 Å². The first-order valence-electron chi connectivity index (χ1n) is 9.62. The lowest BCUT2D eigenvalue weighted by Crippen LogP contribution is -2.26. The number of thioether (sulfide) groups is 1. The number of ether oxygens (including phenoxy) is 1. The summed E-state index contributed by atoms with van der Waals surface area (Å²) in [7, 11) is 1.49. The van der Waals surface area contributed by atoms with E-state index in [0.717, 1.165) is 11.8 Å². The van der Waals surface area contributed by atoms with Crippen LogP contribution in [-0.4, -0.2) is 40.0 Å². The summed E-state index contributed by atoms with van der Waals surface area (Å²) >= 11 is 6.79. The van der Waals surface area contributed by atoms with Crippen molar-refractivity contribution in [1.29, 1.82) is 0 Å². The second kappa shape index (κ2) is 9.47. The summed E-state index contributed by atoms with van der Waals surface area (Å²) in [4.78, 5) is 24.7. The number of carboxylic acid groups (broad SMARTS) is 1. The lowest BCUT2D eigenvalue weighted by molar-refractivity contribution is -0.131.